The maximum Gasteiger partial charge on any atom is 0.279 e. The van der Waals surface area contributed by atoms with Gasteiger partial charge in [-0.25, -0.2) is 0 Å². The van der Waals surface area contributed by atoms with E-state index in [1.165, 1.54) is 29.4 Å². The maximum absolute atomic E-state index is 12.7. The summed E-state index contributed by atoms with van der Waals surface area (Å²) < 4.78 is 8.70. The predicted octanol–water partition coefficient (Wildman–Crippen LogP) is 4.30. The number of aryl methyl sites for hydroxylation is 2. The number of ketones is 1. The summed E-state index contributed by atoms with van der Waals surface area (Å²) in [5, 5.41) is 0. The van der Waals surface area contributed by atoms with E-state index in [-0.39, 0.29) is 11.7 Å². The number of fused-ring (bicyclic) bond motifs is 1. The van der Waals surface area contributed by atoms with E-state index in [4.69, 9.17) is 4.74 Å². The van der Waals surface area contributed by atoms with Crippen LogP contribution in [0.2, 0.25) is 0 Å². The lowest BCUT2D eigenvalue weighted by Crippen LogP contribution is -2.19. The van der Waals surface area contributed by atoms with Crippen molar-refractivity contribution in [2.45, 2.75) is 34.2 Å². The van der Waals surface area contributed by atoms with Crippen LogP contribution in [0.1, 0.15) is 45.7 Å². The molecule has 0 fully saturated rings. The molecular formula is C22H24N2O3S. The second-order valence-corrected chi connectivity index (χ2v) is 7.69. The molecule has 5 nitrogen and oxygen atoms in total. The van der Waals surface area contributed by atoms with Crippen molar-refractivity contribution in [2.75, 3.05) is 13.2 Å². The van der Waals surface area contributed by atoms with Crippen molar-refractivity contribution in [1.82, 2.24) is 4.57 Å². The zero-order chi connectivity index (χ0) is 20.3. The van der Waals surface area contributed by atoms with Crippen LogP contribution in [-0.2, 0) is 11.3 Å². The van der Waals surface area contributed by atoms with Crippen molar-refractivity contribution in [1.29, 1.82) is 0 Å². The van der Waals surface area contributed by atoms with Crippen LogP contribution in [-0.4, -0.2) is 29.5 Å². The smallest absolute Gasteiger partial charge is 0.279 e. The molecule has 2 aromatic carbocycles. The van der Waals surface area contributed by atoms with E-state index in [2.05, 4.69) is 35.5 Å². The number of amides is 1. The summed E-state index contributed by atoms with van der Waals surface area (Å²) in [5.74, 6) is -0.346. The molecule has 28 heavy (non-hydrogen) atoms. The molecule has 0 N–H and O–H groups in total. The van der Waals surface area contributed by atoms with Crippen LogP contribution in [0, 0.1) is 13.8 Å². The van der Waals surface area contributed by atoms with Gasteiger partial charge in [0, 0.05) is 24.3 Å². The minimum absolute atomic E-state index is 0.0277. The van der Waals surface area contributed by atoms with Crippen LogP contribution in [0.5, 0.6) is 0 Å². The lowest BCUT2D eigenvalue weighted by Gasteiger charge is -2.07. The normalized spacial score (nSPS) is 11.9. The number of carbonyl (C=O) groups excluding carboxylic acids is 2. The minimum Gasteiger partial charge on any atom is -0.380 e. The first-order chi connectivity index (χ1) is 13.4. The van der Waals surface area contributed by atoms with Crippen LogP contribution in [0.3, 0.4) is 0 Å². The molecule has 1 aromatic heterocycles. The van der Waals surface area contributed by atoms with Gasteiger partial charge < -0.3 is 9.30 Å². The Bertz CT molecular complexity index is 1090. The molecule has 1 amide bonds. The SMILES string of the molecule is CCOCCn1c(=NC(=O)c2ccc(C(C)=O)cc2)sc2c(C)cc(C)cc21. The lowest BCUT2D eigenvalue weighted by atomic mass is 10.1. The van der Waals surface area contributed by atoms with Gasteiger partial charge in [-0.3, -0.25) is 9.59 Å². The second-order valence-electron chi connectivity index (χ2n) is 6.71. The fourth-order valence-electron chi connectivity index (χ4n) is 3.11. The van der Waals surface area contributed by atoms with E-state index in [1.54, 1.807) is 24.3 Å². The topological polar surface area (TPSA) is 60.7 Å². The highest BCUT2D eigenvalue weighted by molar-refractivity contribution is 7.16. The van der Waals surface area contributed by atoms with Crippen molar-refractivity contribution in [3.8, 4) is 0 Å². The summed E-state index contributed by atoms with van der Waals surface area (Å²) in [4.78, 5) is 29.2. The third-order valence-corrected chi connectivity index (χ3v) is 5.74. The first-order valence-corrected chi connectivity index (χ1v) is 10.1. The van der Waals surface area contributed by atoms with Crippen LogP contribution in [0.15, 0.2) is 41.4 Å². The van der Waals surface area contributed by atoms with Crippen molar-refractivity contribution < 1.29 is 14.3 Å². The highest BCUT2D eigenvalue weighted by Gasteiger charge is 2.12. The third kappa shape index (κ3) is 4.29. The Morgan fingerprint density at radius 2 is 1.79 bits per heavy atom. The molecule has 146 valence electrons. The van der Waals surface area contributed by atoms with E-state index in [9.17, 15) is 9.59 Å². The number of rotatable bonds is 6. The van der Waals surface area contributed by atoms with E-state index in [1.807, 2.05) is 6.92 Å². The number of hydrogen-bond donors (Lipinski definition) is 0. The minimum atomic E-state index is -0.318. The zero-order valence-corrected chi connectivity index (χ0v) is 17.4. The predicted molar refractivity (Wildman–Crippen MR) is 112 cm³/mol. The van der Waals surface area contributed by atoms with Crippen LogP contribution in [0.4, 0.5) is 0 Å². The van der Waals surface area contributed by atoms with Gasteiger partial charge in [-0.05, 0) is 57.0 Å². The first-order valence-electron chi connectivity index (χ1n) is 9.29. The van der Waals surface area contributed by atoms with Gasteiger partial charge in [-0.1, -0.05) is 29.5 Å². The average molecular weight is 397 g/mol. The number of aromatic nitrogens is 1. The molecular weight excluding hydrogens is 372 g/mol. The van der Waals surface area contributed by atoms with Crippen LogP contribution in [0.25, 0.3) is 10.2 Å². The zero-order valence-electron chi connectivity index (χ0n) is 16.6. The van der Waals surface area contributed by atoms with Gasteiger partial charge in [0.2, 0.25) is 0 Å². The Morgan fingerprint density at radius 1 is 1.11 bits per heavy atom. The third-order valence-electron chi connectivity index (χ3n) is 4.51. The van der Waals surface area contributed by atoms with Crippen LogP contribution < -0.4 is 4.80 Å². The molecule has 0 atom stereocenters. The Balaban J connectivity index is 2.06. The van der Waals surface area contributed by atoms with Gasteiger partial charge in [0.15, 0.2) is 10.6 Å². The number of thiazole rings is 1. The van der Waals surface area contributed by atoms with Gasteiger partial charge in [-0.15, -0.1) is 0 Å². The molecule has 1 heterocycles. The first kappa shape index (κ1) is 20.2. The summed E-state index contributed by atoms with van der Waals surface area (Å²) >= 11 is 1.51. The lowest BCUT2D eigenvalue weighted by molar-refractivity contribution is 0.0990. The van der Waals surface area contributed by atoms with Gasteiger partial charge in [0.25, 0.3) is 5.91 Å². The summed E-state index contributed by atoms with van der Waals surface area (Å²) in [6.45, 7) is 9.44. The van der Waals surface area contributed by atoms with Gasteiger partial charge in [0.05, 0.1) is 16.8 Å². The summed E-state index contributed by atoms with van der Waals surface area (Å²) in [6.07, 6.45) is 0. The average Bonchev–Trinajstić information content (AvgIpc) is 2.99. The molecule has 0 bridgehead atoms. The Kier molecular flexibility index (Phi) is 6.21. The molecule has 0 aliphatic heterocycles. The molecule has 0 spiro atoms. The molecule has 0 radical (unpaired) electrons. The molecule has 0 saturated heterocycles. The fraction of sp³-hybridized carbons (Fsp3) is 0.318. The molecule has 0 unspecified atom stereocenters. The second kappa shape index (κ2) is 8.63. The Morgan fingerprint density at radius 3 is 2.43 bits per heavy atom. The standard InChI is InChI=1S/C22H24N2O3S/c1-5-27-11-10-24-19-13-14(2)12-15(3)20(19)28-22(24)23-21(26)18-8-6-17(7-9-18)16(4)25/h6-9,12-13H,5,10-11H2,1-4H3. The van der Waals surface area contributed by atoms with E-state index in [0.29, 0.717) is 35.7 Å². The van der Waals surface area contributed by atoms with Gasteiger partial charge in [-0.2, -0.15) is 4.99 Å². The highest BCUT2D eigenvalue weighted by Crippen LogP contribution is 2.23. The Labute approximate surface area is 168 Å². The molecule has 6 heteroatoms. The molecule has 3 aromatic rings. The van der Waals surface area contributed by atoms with Crippen molar-refractivity contribution in [2.24, 2.45) is 4.99 Å². The number of benzene rings is 2. The van der Waals surface area contributed by atoms with E-state index >= 15 is 0 Å². The highest BCUT2D eigenvalue weighted by atomic mass is 32.1. The van der Waals surface area contributed by atoms with E-state index in [0.717, 1.165) is 10.2 Å². The molecule has 0 aliphatic rings. The molecule has 0 aliphatic carbocycles. The van der Waals surface area contributed by atoms with Crippen molar-refractivity contribution in [3.05, 3.63) is 63.5 Å². The monoisotopic (exact) mass is 396 g/mol. The molecule has 3 rings (SSSR count). The largest absolute Gasteiger partial charge is 0.380 e. The Hall–Kier alpha value is -2.57. The van der Waals surface area contributed by atoms with Gasteiger partial charge in [0.1, 0.15) is 0 Å². The van der Waals surface area contributed by atoms with Crippen LogP contribution >= 0.6 is 11.3 Å². The summed E-state index contributed by atoms with van der Waals surface area (Å²) in [6, 6.07) is 10.9. The summed E-state index contributed by atoms with van der Waals surface area (Å²) in [7, 11) is 0. The quantitative estimate of drug-likeness (QED) is 0.461. The maximum atomic E-state index is 12.7. The number of Topliss-reactive ketones (excluding diaryl/α,β-unsaturated/α-hetero) is 1. The number of ether oxygens (including phenoxy) is 1. The van der Waals surface area contributed by atoms with Crippen molar-refractivity contribution >= 4 is 33.2 Å². The number of carbonyl (C=O) groups is 2. The van der Waals surface area contributed by atoms with Crippen molar-refractivity contribution in [3.63, 3.8) is 0 Å². The van der Waals surface area contributed by atoms with E-state index < -0.39 is 0 Å². The fourth-order valence-corrected chi connectivity index (χ4v) is 4.22. The number of nitrogens with zero attached hydrogens (tertiary/aromatic N) is 2. The number of hydrogen-bond acceptors (Lipinski definition) is 4. The summed E-state index contributed by atoms with van der Waals surface area (Å²) in [5.41, 5.74) is 4.46. The molecule has 0 saturated carbocycles. The van der Waals surface area contributed by atoms with Gasteiger partial charge >= 0.3 is 0 Å².